The third kappa shape index (κ3) is 3.02. The SMILES string of the molecule is CCCNc1ccccc1C(=O)Nn1c(C)ccc1C. The Bertz CT molecular complexity index is 582. The minimum Gasteiger partial charge on any atom is -0.384 e. The highest BCUT2D eigenvalue weighted by Crippen LogP contribution is 2.16. The van der Waals surface area contributed by atoms with Gasteiger partial charge in [-0.05, 0) is 44.5 Å². The number of nitrogens with zero attached hydrogens (tertiary/aromatic N) is 1. The van der Waals surface area contributed by atoms with Crippen LogP contribution in [0.3, 0.4) is 0 Å². The molecule has 0 fully saturated rings. The van der Waals surface area contributed by atoms with Gasteiger partial charge in [0.15, 0.2) is 0 Å². The first-order valence-corrected chi connectivity index (χ1v) is 6.92. The predicted octanol–water partition coefficient (Wildman–Crippen LogP) is 3.31. The monoisotopic (exact) mass is 271 g/mol. The molecule has 1 aromatic heterocycles. The number of aryl methyl sites for hydroxylation is 2. The van der Waals surface area contributed by atoms with Gasteiger partial charge in [0.1, 0.15) is 0 Å². The molecule has 20 heavy (non-hydrogen) atoms. The van der Waals surface area contributed by atoms with Crippen molar-refractivity contribution < 1.29 is 4.79 Å². The Morgan fingerprint density at radius 3 is 2.40 bits per heavy atom. The van der Waals surface area contributed by atoms with E-state index < -0.39 is 0 Å². The van der Waals surface area contributed by atoms with Crippen LogP contribution in [-0.2, 0) is 0 Å². The van der Waals surface area contributed by atoms with E-state index in [2.05, 4.69) is 17.7 Å². The van der Waals surface area contributed by atoms with Gasteiger partial charge in [0.05, 0.1) is 5.56 Å². The van der Waals surface area contributed by atoms with Gasteiger partial charge in [0, 0.05) is 23.6 Å². The van der Waals surface area contributed by atoms with Gasteiger partial charge in [-0.25, -0.2) is 0 Å². The van der Waals surface area contributed by atoms with Crippen LogP contribution in [0.2, 0.25) is 0 Å². The summed E-state index contributed by atoms with van der Waals surface area (Å²) in [5, 5.41) is 3.28. The normalized spacial score (nSPS) is 10.3. The molecule has 1 heterocycles. The summed E-state index contributed by atoms with van der Waals surface area (Å²) < 4.78 is 1.80. The molecule has 106 valence electrons. The maximum atomic E-state index is 12.4. The molecule has 1 aromatic carbocycles. The lowest BCUT2D eigenvalue weighted by Crippen LogP contribution is -2.25. The summed E-state index contributed by atoms with van der Waals surface area (Å²) in [5.41, 5.74) is 6.48. The Morgan fingerprint density at radius 2 is 1.75 bits per heavy atom. The third-order valence-electron chi connectivity index (χ3n) is 3.22. The van der Waals surface area contributed by atoms with Crippen molar-refractivity contribution in [3.63, 3.8) is 0 Å². The lowest BCUT2D eigenvalue weighted by molar-refractivity contribution is 0.101. The van der Waals surface area contributed by atoms with Crippen LogP contribution in [0.1, 0.15) is 35.1 Å². The first kappa shape index (κ1) is 14.2. The lowest BCUT2D eigenvalue weighted by Gasteiger charge is -2.14. The summed E-state index contributed by atoms with van der Waals surface area (Å²) in [7, 11) is 0. The van der Waals surface area contributed by atoms with Crippen LogP contribution in [0.4, 0.5) is 5.69 Å². The van der Waals surface area contributed by atoms with E-state index in [1.807, 2.05) is 50.2 Å². The molecule has 4 heteroatoms. The number of para-hydroxylation sites is 1. The average Bonchev–Trinajstić information content (AvgIpc) is 2.77. The standard InChI is InChI=1S/C16H21N3O/c1-4-11-17-15-8-6-5-7-14(15)16(20)18-19-12(2)9-10-13(19)3/h5-10,17H,4,11H2,1-3H3,(H,18,20). The van der Waals surface area contributed by atoms with E-state index in [0.29, 0.717) is 5.56 Å². The number of hydrogen-bond acceptors (Lipinski definition) is 2. The van der Waals surface area contributed by atoms with Crippen molar-refractivity contribution in [2.45, 2.75) is 27.2 Å². The average molecular weight is 271 g/mol. The first-order chi connectivity index (χ1) is 9.63. The van der Waals surface area contributed by atoms with Crippen molar-refractivity contribution in [1.82, 2.24) is 4.68 Å². The zero-order valence-electron chi connectivity index (χ0n) is 12.2. The molecule has 2 N–H and O–H groups in total. The second-order valence-corrected chi connectivity index (χ2v) is 4.86. The number of benzene rings is 1. The van der Waals surface area contributed by atoms with Gasteiger partial charge in [-0.2, -0.15) is 0 Å². The van der Waals surface area contributed by atoms with Crippen LogP contribution in [-0.4, -0.2) is 17.1 Å². The molecule has 0 spiro atoms. The highest BCUT2D eigenvalue weighted by atomic mass is 16.2. The zero-order chi connectivity index (χ0) is 14.5. The molecule has 2 rings (SSSR count). The Morgan fingerprint density at radius 1 is 1.10 bits per heavy atom. The van der Waals surface area contributed by atoms with Gasteiger partial charge in [-0.15, -0.1) is 0 Å². The summed E-state index contributed by atoms with van der Waals surface area (Å²) in [4.78, 5) is 12.4. The first-order valence-electron chi connectivity index (χ1n) is 6.92. The van der Waals surface area contributed by atoms with Crippen molar-refractivity contribution >= 4 is 11.6 Å². The van der Waals surface area contributed by atoms with E-state index in [1.165, 1.54) is 0 Å². The summed E-state index contributed by atoms with van der Waals surface area (Å²) in [6.45, 7) is 6.89. The Balaban J connectivity index is 2.21. The van der Waals surface area contributed by atoms with Crippen LogP contribution in [0.25, 0.3) is 0 Å². The van der Waals surface area contributed by atoms with Crippen molar-refractivity contribution in [2.75, 3.05) is 17.3 Å². The smallest absolute Gasteiger partial charge is 0.272 e. The van der Waals surface area contributed by atoms with E-state index in [9.17, 15) is 4.79 Å². The van der Waals surface area contributed by atoms with Gasteiger partial charge in [0.2, 0.25) is 0 Å². The largest absolute Gasteiger partial charge is 0.384 e. The molecule has 2 aromatic rings. The number of anilines is 1. The zero-order valence-corrected chi connectivity index (χ0v) is 12.2. The van der Waals surface area contributed by atoms with Gasteiger partial charge >= 0.3 is 0 Å². The number of rotatable bonds is 5. The third-order valence-corrected chi connectivity index (χ3v) is 3.22. The molecule has 0 atom stereocenters. The molecule has 0 saturated carbocycles. The Hall–Kier alpha value is -2.23. The van der Waals surface area contributed by atoms with Crippen molar-refractivity contribution in [3.8, 4) is 0 Å². The van der Waals surface area contributed by atoms with Gasteiger partial charge in [-0.3, -0.25) is 14.9 Å². The quantitative estimate of drug-likeness (QED) is 0.876. The number of nitrogens with one attached hydrogen (secondary N) is 2. The van der Waals surface area contributed by atoms with E-state index in [1.54, 1.807) is 4.68 Å². The highest BCUT2D eigenvalue weighted by Gasteiger charge is 2.12. The van der Waals surface area contributed by atoms with Crippen LogP contribution in [0.5, 0.6) is 0 Å². The van der Waals surface area contributed by atoms with E-state index in [0.717, 1.165) is 30.0 Å². The molecule has 0 saturated heterocycles. The van der Waals surface area contributed by atoms with Crippen molar-refractivity contribution in [3.05, 3.63) is 53.3 Å². The van der Waals surface area contributed by atoms with Crippen molar-refractivity contribution in [2.24, 2.45) is 0 Å². The molecule has 0 aliphatic heterocycles. The molecular weight excluding hydrogens is 250 g/mol. The summed E-state index contributed by atoms with van der Waals surface area (Å²) in [6, 6.07) is 11.5. The second-order valence-electron chi connectivity index (χ2n) is 4.86. The number of amides is 1. The molecule has 0 aliphatic carbocycles. The fraction of sp³-hybridized carbons (Fsp3) is 0.312. The number of hydrogen-bond donors (Lipinski definition) is 2. The maximum absolute atomic E-state index is 12.4. The van der Waals surface area contributed by atoms with E-state index >= 15 is 0 Å². The topological polar surface area (TPSA) is 46.1 Å². The fourth-order valence-corrected chi connectivity index (χ4v) is 2.10. The van der Waals surface area contributed by atoms with E-state index in [4.69, 9.17) is 0 Å². The van der Waals surface area contributed by atoms with Gasteiger partial charge < -0.3 is 5.32 Å². The minimum atomic E-state index is -0.105. The lowest BCUT2D eigenvalue weighted by atomic mass is 10.1. The molecule has 0 aliphatic rings. The maximum Gasteiger partial charge on any atom is 0.272 e. The Kier molecular flexibility index (Phi) is 4.45. The molecule has 4 nitrogen and oxygen atoms in total. The molecule has 0 unspecified atom stereocenters. The summed E-state index contributed by atoms with van der Waals surface area (Å²) in [6.07, 6.45) is 1.02. The van der Waals surface area contributed by atoms with Crippen molar-refractivity contribution in [1.29, 1.82) is 0 Å². The van der Waals surface area contributed by atoms with Crippen LogP contribution in [0.15, 0.2) is 36.4 Å². The molecule has 0 bridgehead atoms. The molecule has 0 radical (unpaired) electrons. The predicted molar refractivity (Wildman–Crippen MR) is 82.8 cm³/mol. The molecule has 1 amide bonds. The Labute approximate surface area is 119 Å². The molecular formula is C16H21N3O. The minimum absolute atomic E-state index is 0.105. The van der Waals surface area contributed by atoms with Gasteiger partial charge in [0.25, 0.3) is 5.91 Å². The number of carbonyl (C=O) groups is 1. The fourth-order valence-electron chi connectivity index (χ4n) is 2.10. The van der Waals surface area contributed by atoms with Gasteiger partial charge in [-0.1, -0.05) is 19.1 Å². The number of aromatic nitrogens is 1. The highest BCUT2D eigenvalue weighted by molar-refractivity contribution is 6.04. The summed E-state index contributed by atoms with van der Waals surface area (Å²) in [5.74, 6) is -0.105. The number of carbonyl (C=O) groups excluding carboxylic acids is 1. The van der Waals surface area contributed by atoms with Crippen LogP contribution < -0.4 is 10.7 Å². The summed E-state index contributed by atoms with van der Waals surface area (Å²) >= 11 is 0. The van der Waals surface area contributed by atoms with Crippen LogP contribution >= 0.6 is 0 Å². The van der Waals surface area contributed by atoms with Crippen LogP contribution in [0, 0.1) is 13.8 Å². The second kappa shape index (κ2) is 6.28. The van der Waals surface area contributed by atoms with E-state index in [-0.39, 0.29) is 5.91 Å².